The number of hydrogen-bond acceptors (Lipinski definition) is 3. The number of thiocarbonyl (C=S) groups is 1. The summed E-state index contributed by atoms with van der Waals surface area (Å²) in [5.74, 6) is 0. The third-order valence-electron chi connectivity index (χ3n) is 3.06. The Morgan fingerprint density at radius 2 is 2.00 bits per heavy atom. The summed E-state index contributed by atoms with van der Waals surface area (Å²) in [4.78, 5) is 0. The topological polar surface area (TPSA) is 59.7 Å². The van der Waals surface area contributed by atoms with Crippen molar-refractivity contribution in [1.82, 2.24) is 24.9 Å². The van der Waals surface area contributed by atoms with Crippen LogP contribution in [0.2, 0.25) is 0 Å². The number of aryl methyl sites for hydroxylation is 1. The predicted molar refractivity (Wildman–Crippen MR) is 88.4 cm³/mol. The van der Waals surface area contributed by atoms with Gasteiger partial charge in [-0.1, -0.05) is 13.3 Å². The van der Waals surface area contributed by atoms with Gasteiger partial charge in [0.25, 0.3) is 0 Å². The number of rotatable bonds is 7. The number of anilines is 1. The Labute approximate surface area is 130 Å². The third-order valence-corrected chi connectivity index (χ3v) is 3.31. The Bertz CT molecular complexity index is 574. The van der Waals surface area contributed by atoms with Crippen molar-refractivity contribution in [2.24, 2.45) is 0 Å². The lowest BCUT2D eigenvalue weighted by Gasteiger charge is -2.07. The molecule has 2 N–H and O–H groups in total. The zero-order valence-electron chi connectivity index (χ0n) is 12.5. The molecule has 0 unspecified atom stereocenters. The average Bonchev–Trinajstić information content (AvgIpc) is 3.09. The lowest BCUT2D eigenvalue weighted by Crippen LogP contribution is -2.28. The molecule has 6 nitrogen and oxygen atoms in total. The molecule has 0 radical (unpaired) electrons. The van der Waals surface area contributed by atoms with Crippen LogP contribution in [0.5, 0.6) is 0 Å². The van der Waals surface area contributed by atoms with Gasteiger partial charge >= 0.3 is 0 Å². The van der Waals surface area contributed by atoms with Crippen LogP contribution in [0.15, 0.2) is 24.8 Å². The summed E-state index contributed by atoms with van der Waals surface area (Å²) < 4.78 is 3.78. The van der Waals surface area contributed by atoms with Crippen molar-refractivity contribution >= 4 is 23.0 Å². The Morgan fingerprint density at radius 3 is 2.71 bits per heavy atom. The molecule has 0 aliphatic rings. The van der Waals surface area contributed by atoms with Crippen LogP contribution in [0.4, 0.5) is 5.69 Å². The molecule has 0 spiro atoms. The Balaban J connectivity index is 1.84. The van der Waals surface area contributed by atoms with Crippen molar-refractivity contribution in [1.29, 1.82) is 0 Å². The highest BCUT2D eigenvalue weighted by atomic mass is 32.1. The van der Waals surface area contributed by atoms with Crippen molar-refractivity contribution in [3.8, 4) is 0 Å². The fraction of sp³-hybridized carbons (Fsp3) is 0.500. The second-order valence-corrected chi connectivity index (χ2v) is 5.27. The van der Waals surface area contributed by atoms with Gasteiger partial charge in [0.05, 0.1) is 24.6 Å². The third kappa shape index (κ3) is 4.86. The average molecular weight is 306 g/mol. The number of unbranched alkanes of at least 4 members (excludes halogenated alkanes) is 1. The highest BCUT2D eigenvalue weighted by molar-refractivity contribution is 7.80. The molecular weight excluding hydrogens is 284 g/mol. The Hall–Kier alpha value is -1.89. The van der Waals surface area contributed by atoms with Crippen LogP contribution in [-0.2, 0) is 13.1 Å². The van der Waals surface area contributed by atoms with E-state index in [0.717, 1.165) is 37.2 Å². The van der Waals surface area contributed by atoms with Gasteiger partial charge in [-0.2, -0.15) is 10.2 Å². The zero-order valence-corrected chi connectivity index (χ0v) is 13.4. The fourth-order valence-electron chi connectivity index (χ4n) is 1.92. The minimum Gasteiger partial charge on any atom is -0.362 e. The minimum atomic E-state index is 0.641. The lowest BCUT2D eigenvalue weighted by atomic mass is 10.3. The lowest BCUT2D eigenvalue weighted by molar-refractivity contribution is 0.654. The van der Waals surface area contributed by atoms with Crippen LogP contribution in [0.1, 0.15) is 32.3 Å². The van der Waals surface area contributed by atoms with E-state index in [1.165, 1.54) is 0 Å². The summed E-state index contributed by atoms with van der Waals surface area (Å²) in [5.41, 5.74) is 2.03. The molecule has 114 valence electrons. The van der Waals surface area contributed by atoms with E-state index in [9.17, 15) is 0 Å². The van der Waals surface area contributed by atoms with Crippen LogP contribution in [-0.4, -0.2) is 31.2 Å². The van der Waals surface area contributed by atoms with Crippen LogP contribution in [0, 0.1) is 0 Å². The van der Waals surface area contributed by atoms with Gasteiger partial charge in [-0.25, -0.2) is 0 Å². The maximum atomic E-state index is 5.23. The van der Waals surface area contributed by atoms with Crippen LogP contribution in [0.25, 0.3) is 0 Å². The monoisotopic (exact) mass is 306 g/mol. The maximum Gasteiger partial charge on any atom is 0.170 e. The first-order chi connectivity index (χ1) is 10.2. The number of nitrogens with zero attached hydrogens (tertiary/aromatic N) is 4. The summed E-state index contributed by atoms with van der Waals surface area (Å²) in [6.07, 6.45) is 9.89. The first kappa shape index (κ1) is 15.5. The van der Waals surface area contributed by atoms with Gasteiger partial charge in [0, 0.05) is 31.0 Å². The molecule has 21 heavy (non-hydrogen) atoms. The summed E-state index contributed by atoms with van der Waals surface area (Å²) in [6.45, 7) is 6.70. The molecule has 0 bridgehead atoms. The van der Waals surface area contributed by atoms with Gasteiger partial charge in [-0.3, -0.25) is 9.36 Å². The molecule has 0 atom stereocenters. The Morgan fingerprint density at radius 1 is 1.19 bits per heavy atom. The van der Waals surface area contributed by atoms with Gasteiger partial charge in [-0.05, 0) is 25.6 Å². The molecule has 2 aromatic rings. The van der Waals surface area contributed by atoms with E-state index in [4.69, 9.17) is 12.2 Å². The molecular formula is C14H22N6S. The fourth-order valence-corrected chi connectivity index (χ4v) is 2.14. The second-order valence-electron chi connectivity index (χ2n) is 4.87. The van der Waals surface area contributed by atoms with Gasteiger partial charge in [0.1, 0.15) is 0 Å². The van der Waals surface area contributed by atoms with Gasteiger partial charge in [-0.15, -0.1) is 0 Å². The SMILES string of the molecule is CCCCNC(=S)Nc1cnn(Cc2cnn(CC)c2)c1. The minimum absolute atomic E-state index is 0.641. The van der Waals surface area contributed by atoms with E-state index in [2.05, 4.69) is 34.7 Å². The highest BCUT2D eigenvalue weighted by Crippen LogP contribution is 2.07. The normalized spacial score (nSPS) is 10.6. The van der Waals surface area contributed by atoms with Gasteiger partial charge in [0.2, 0.25) is 0 Å². The first-order valence-corrected chi connectivity index (χ1v) is 7.70. The van der Waals surface area contributed by atoms with Crippen LogP contribution < -0.4 is 10.6 Å². The standard InChI is InChI=1S/C14H22N6S/c1-3-5-6-15-14(21)18-13-8-17-20(11-13)10-12-7-16-19(4-2)9-12/h7-9,11H,3-6,10H2,1-2H3,(H2,15,18,21). The first-order valence-electron chi connectivity index (χ1n) is 7.30. The largest absolute Gasteiger partial charge is 0.362 e. The number of aromatic nitrogens is 4. The number of hydrogen-bond donors (Lipinski definition) is 2. The quantitative estimate of drug-likeness (QED) is 0.607. The smallest absolute Gasteiger partial charge is 0.170 e. The van der Waals surface area contributed by atoms with Crippen molar-refractivity contribution in [2.45, 2.75) is 39.8 Å². The van der Waals surface area contributed by atoms with E-state index in [-0.39, 0.29) is 0 Å². The summed E-state index contributed by atoms with van der Waals surface area (Å²) in [5, 5.41) is 15.5. The molecule has 2 rings (SSSR count). The molecule has 0 aromatic carbocycles. The van der Waals surface area contributed by atoms with Crippen molar-refractivity contribution in [3.05, 3.63) is 30.4 Å². The molecule has 0 aliphatic carbocycles. The van der Waals surface area contributed by atoms with E-state index in [0.29, 0.717) is 11.7 Å². The van der Waals surface area contributed by atoms with Crippen LogP contribution in [0.3, 0.4) is 0 Å². The predicted octanol–water partition coefficient (Wildman–Crippen LogP) is 2.23. The zero-order chi connectivity index (χ0) is 15.1. The summed E-state index contributed by atoms with van der Waals surface area (Å²) in [6, 6.07) is 0. The molecule has 0 aliphatic heterocycles. The van der Waals surface area contributed by atoms with E-state index in [1.54, 1.807) is 6.20 Å². The summed E-state index contributed by atoms with van der Waals surface area (Å²) >= 11 is 5.23. The second kappa shape index (κ2) is 7.78. The van der Waals surface area contributed by atoms with E-state index < -0.39 is 0 Å². The van der Waals surface area contributed by atoms with Gasteiger partial charge in [0.15, 0.2) is 5.11 Å². The molecule has 0 saturated heterocycles. The molecule has 2 aromatic heterocycles. The number of nitrogens with one attached hydrogen (secondary N) is 2. The summed E-state index contributed by atoms with van der Waals surface area (Å²) in [7, 11) is 0. The van der Waals surface area contributed by atoms with Gasteiger partial charge < -0.3 is 10.6 Å². The van der Waals surface area contributed by atoms with E-state index in [1.807, 2.05) is 28.0 Å². The van der Waals surface area contributed by atoms with Crippen molar-refractivity contribution < 1.29 is 0 Å². The molecule has 7 heteroatoms. The molecule has 0 amide bonds. The van der Waals surface area contributed by atoms with E-state index >= 15 is 0 Å². The maximum absolute atomic E-state index is 5.23. The van der Waals surface area contributed by atoms with Crippen molar-refractivity contribution in [2.75, 3.05) is 11.9 Å². The molecule has 0 saturated carbocycles. The van der Waals surface area contributed by atoms with Crippen LogP contribution >= 0.6 is 12.2 Å². The van der Waals surface area contributed by atoms with Crippen molar-refractivity contribution in [3.63, 3.8) is 0 Å². The Kier molecular flexibility index (Phi) is 5.74. The highest BCUT2D eigenvalue weighted by Gasteiger charge is 2.03. The molecule has 0 fully saturated rings. The molecule has 2 heterocycles.